The van der Waals surface area contributed by atoms with Crippen LogP contribution in [0.1, 0.15) is 18.2 Å². The van der Waals surface area contributed by atoms with E-state index < -0.39 is 0 Å². The van der Waals surface area contributed by atoms with Gasteiger partial charge in [-0.25, -0.2) is 14.6 Å². The number of carbonyl (C=O) groups excluding carboxylic acids is 1. The van der Waals surface area contributed by atoms with Gasteiger partial charge >= 0.3 is 0 Å². The highest BCUT2D eigenvalue weighted by atomic mass is 32.1. The zero-order valence-corrected chi connectivity index (χ0v) is 17.3. The molecule has 1 N–H and O–H groups in total. The van der Waals surface area contributed by atoms with Crippen LogP contribution in [0.15, 0.2) is 66.6 Å². The van der Waals surface area contributed by atoms with Gasteiger partial charge in [-0.15, -0.1) is 11.3 Å². The minimum Gasteiger partial charge on any atom is -0.493 e. The van der Waals surface area contributed by atoms with Crippen LogP contribution in [-0.2, 0) is 17.8 Å². The van der Waals surface area contributed by atoms with Gasteiger partial charge in [0.2, 0.25) is 5.91 Å². The van der Waals surface area contributed by atoms with Crippen LogP contribution in [-0.4, -0.2) is 32.3 Å². The molecule has 0 saturated carbocycles. The molecule has 0 aliphatic carbocycles. The third kappa shape index (κ3) is 4.72. The average Bonchev–Trinajstić information content (AvgIpc) is 3.46. The lowest BCUT2D eigenvalue weighted by molar-refractivity contribution is -0.120. The normalized spacial score (nSPS) is 10.7. The van der Waals surface area contributed by atoms with Crippen molar-refractivity contribution >= 4 is 17.2 Å². The summed E-state index contributed by atoms with van der Waals surface area (Å²) in [6.45, 7) is 3.01. The van der Waals surface area contributed by atoms with E-state index in [1.165, 1.54) is 17.7 Å². The molecule has 4 rings (SSSR count). The maximum absolute atomic E-state index is 12.4. The van der Waals surface area contributed by atoms with E-state index in [0.717, 1.165) is 33.3 Å². The Kier molecular flexibility index (Phi) is 6.14. The molecule has 0 saturated heterocycles. The molecule has 0 atom stereocenters. The quantitative estimate of drug-likeness (QED) is 0.471. The van der Waals surface area contributed by atoms with Gasteiger partial charge in [-0.05, 0) is 36.8 Å². The number of hydrogen-bond donors (Lipinski definition) is 1. The fraction of sp³-hybridized carbons (Fsp3) is 0.182. The summed E-state index contributed by atoms with van der Waals surface area (Å²) >= 11 is 1.51. The van der Waals surface area contributed by atoms with Gasteiger partial charge < -0.3 is 10.1 Å². The first-order valence-electron chi connectivity index (χ1n) is 9.60. The molecule has 152 valence electrons. The molecule has 2 aromatic carbocycles. The van der Waals surface area contributed by atoms with E-state index in [4.69, 9.17) is 4.74 Å². The minimum absolute atomic E-state index is 0.0645. The molecule has 0 radical (unpaired) electrons. The number of carbonyl (C=O) groups is 1. The maximum atomic E-state index is 12.4. The van der Waals surface area contributed by atoms with Gasteiger partial charge in [0.25, 0.3) is 0 Å². The van der Waals surface area contributed by atoms with E-state index in [0.29, 0.717) is 13.2 Å². The first-order valence-corrected chi connectivity index (χ1v) is 10.5. The second-order valence-corrected chi connectivity index (χ2v) is 7.39. The van der Waals surface area contributed by atoms with Gasteiger partial charge in [0, 0.05) is 11.9 Å². The molecule has 8 heteroatoms. The molecule has 0 aliphatic rings. The summed E-state index contributed by atoms with van der Waals surface area (Å²) in [7, 11) is 0. The van der Waals surface area contributed by atoms with Crippen LogP contribution in [0.4, 0.5) is 0 Å². The standard InChI is InChI=1S/C22H21N5O2S/c1-2-29-20-6-4-3-5-19(20)22-26-17(13-30-22)11-21(28)24-12-16-7-9-18(10-8-16)27-15-23-14-25-27/h3-10,13-15H,2,11-12H2,1H3,(H,24,28). The largest absolute Gasteiger partial charge is 0.493 e. The summed E-state index contributed by atoms with van der Waals surface area (Å²) in [5.74, 6) is 0.741. The Morgan fingerprint density at radius 1 is 1.17 bits per heavy atom. The fourth-order valence-corrected chi connectivity index (χ4v) is 3.82. The van der Waals surface area contributed by atoms with E-state index in [1.54, 1.807) is 11.0 Å². The number of thiazole rings is 1. The third-order valence-electron chi connectivity index (χ3n) is 4.42. The fourth-order valence-electron chi connectivity index (χ4n) is 2.97. The smallest absolute Gasteiger partial charge is 0.226 e. The van der Waals surface area contributed by atoms with E-state index in [1.807, 2.05) is 60.8 Å². The summed E-state index contributed by atoms with van der Waals surface area (Å²) in [4.78, 5) is 20.9. The number of hydrogen-bond acceptors (Lipinski definition) is 6. The lowest BCUT2D eigenvalue weighted by atomic mass is 10.2. The van der Waals surface area contributed by atoms with Crippen LogP contribution >= 0.6 is 11.3 Å². The van der Waals surface area contributed by atoms with Crippen molar-refractivity contribution in [1.82, 2.24) is 25.1 Å². The van der Waals surface area contributed by atoms with Crippen LogP contribution in [0, 0.1) is 0 Å². The lowest BCUT2D eigenvalue weighted by Gasteiger charge is -2.07. The number of benzene rings is 2. The van der Waals surface area contributed by atoms with Crippen molar-refractivity contribution in [2.75, 3.05) is 6.61 Å². The van der Waals surface area contributed by atoms with Gasteiger partial charge in [0.1, 0.15) is 23.4 Å². The number of rotatable bonds is 8. The zero-order chi connectivity index (χ0) is 20.8. The summed E-state index contributed by atoms with van der Waals surface area (Å²) in [6, 6.07) is 15.6. The second kappa shape index (κ2) is 9.32. The van der Waals surface area contributed by atoms with Gasteiger partial charge in [0.05, 0.1) is 30.0 Å². The van der Waals surface area contributed by atoms with Crippen molar-refractivity contribution in [3.63, 3.8) is 0 Å². The van der Waals surface area contributed by atoms with Crippen molar-refractivity contribution in [2.45, 2.75) is 19.9 Å². The maximum Gasteiger partial charge on any atom is 0.226 e. The summed E-state index contributed by atoms with van der Waals surface area (Å²) in [5.41, 5.74) is 3.63. The first kappa shape index (κ1) is 19.8. The van der Waals surface area contributed by atoms with Crippen LogP contribution < -0.4 is 10.1 Å². The molecule has 30 heavy (non-hydrogen) atoms. The SMILES string of the molecule is CCOc1ccccc1-c1nc(CC(=O)NCc2ccc(-n3cncn3)cc2)cs1. The average molecular weight is 420 g/mol. The molecule has 7 nitrogen and oxygen atoms in total. The van der Waals surface area contributed by atoms with E-state index >= 15 is 0 Å². The Labute approximate surface area is 178 Å². The van der Waals surface area contributed by atoms with E-state index in [-0.39, 0.29) is 12.3 Å². The number of nitrogens with zero attached hydrogens (tertiary/aromatic N) is 4. The summed E-state index contributed by atoms with van der Waals surface area (Å²) < 4.78 is 7.37. The molecule has 0 spiro atoms. The van der Waals surface area contributed by atoms with Crippen molar-refractivity contribution < 1.29 is 9.53 Å². The van der Waals surface area contributed by atoms with Crippen LogP contribution in [0.2, 0.25) is 0 Å². The van der Waals surface area contributed by atoms with Crippen molar-refractivity contribution in [3.05, 3.63) is 77.8 Å². The molecule has 0 fully saturated rings. The molecule has 2 aromatic heterocycles. The van der Waals surface area contributed by atoms with Crippen molar-refractivity contribution in [3.8, 4) is 22.0 Å². The number of para-hydroxylation sites is 1. The zero-order valence-electron chi connectivity index (χ0n) is 16.5. The predicted octanol–water partition coefficient (Wildman–Crippen LogP) is 3.65. The van der Waals surface area contributed by atoms with E-state index in [9.17, 15) is 4.79 Å². The predicted molar refractivity (Wildman–Crippen MR) is 116 cm³/mol. The molecule has 0 unspecified atom stereocenters. The number of ether oxygens (including phenoxy) is 1. The number of aromatic nitrogens is 4. The first-order chi connectivity index (χ1) is 14.7. The number of nitrogens with one attached hydrogen (secondary N) is 1. The summed E-state index contributed by atoms with van der Waals surface area (Å²) in [5, 5.41) is 9.82. The van der Waals surface area contributed by atoms with Gasteiger partial charge in [-0.2, -0.15) is 5.10 Å². The monoisotopic (exact) mass is 419 g/mol. The highest BCUT2D eigenvalue weighted by Crippen LogP contribution is 2.32. The topological polar surface area (TPSA) is 81.9 Å². The Morgan fingerprint density at radius 3 is 2.77 bits per heavy atom. The van der Waals surface area contributed by atoms with Crippen molar-refractivity contribution in [2.24, 2.45) is 0 Å². The van der Waals surface area contributed by atoms with Gasteiger partial charge in [-0.1, -0.05) is 24.3 Å². The minimum atomic E-state index is -0.0645. The number of amides is 1. The molecule has 4 aromatic rings. The Hall–Kier alpha value is -3.52. The van der Waals surface area contributed by atoms with Crippen LogP contribution in [0.5, 0.6) is 5.75 Å². The molecule has 0 bridgehead atoms. The van der Waals surface area contributed by atoms with Crippen LogP contribution in [0.3, 0.4) is 0 Å². The van der Waals surface area contributed by atoms with E-state index in [2.05, 4.69) is 20.4 Å². The Balaban J connectivity index is 1.34. The van der Waals surface area contributed by atoms with Gasteiger partial charge in [0.15, 0.2) is 0 Å². The molecular weight excluding hydrogens is 398 g/mol. The Bertz CT molecular complexity index is 1110. The Morgan fingerprint density at radius 2 is 2.00 bits per heavy atom. The third-order valence-corrected chi connectivity index (χ3v) is 5.34. The second-order valence-electron chi connectivity index (χ2n) is 6.53. The lowest BCUT2D eigenvalue weighted by Crippen LogP contribution is -2.24. The van der Waals surface area contributed by atoms with Crippen LogP contribution in [0.25, 0.3) is 16.3 Å². The molecule has 2 heterocycles. The van der Waals surface area contributed by atoms with Crippen molar-refractivity contribution in [1.29, 1.82) is 0 Å². The molecular formula is C22H21N5O2S. The highest BCUT2D eigenvalue weighted by Gasteiger charge is 2.12. The van der Waals surface area contributed by atoms with Gasteiger partial charge in [-0.3, -0.25) is 4.79 Å². The highest BCUT2D eigenvalue weighted by molar-refractivity contribution is 7.13. The molecule has 0 aliphatic heterocycles. The molecule has 1 amide bonds. The summed E-state index contributed by atoms with van der Waals surface area (Å²) in [6.07, 6.45) is 3.38.